The van der Waals surface area contributed by atoms with Gasteiger partial charge in [0.15, 0.2) is 0 Å². The zero-order valence-electron chi connectivity index (χ0n) is 11.0. The highest BCUT2D eigenvalue weighted by Gasteiger charge is 2.22. The Morgan fingerprint density at radius 1 is 1.38 bits per heavy atom. The third kappa shape index (κ3) is 4.52. The molecule has 1 aliphatic heterocycles. The molecule has 1 N–H and O–H groups in total. The maximum absolute atomic E-state index is 11.8. The van der Waals surface area contributed by atoms with Gasteiger partial charge in [0.1, 0.15) is 0 Å². The third-order valence-electron chi connectivity index (χ3n) is 3.23. The first-order valence-corrected chi connectivity index (χ1v) is 6.62. The largest absolute Gasteiger partial charge is 0.343 e. The minimum absolute atomic E-state index is 0.344. The van der Waals surface area contributed by atoms with Crippen molar-refractivity contribution in [3.63, 3.8) is 0 Å². The standard InChI is InChI=1S/C13H26N2O/c1-4-14-10-12-5-7-15(8-6-12)13(16)9-11(2)3/h11-12,14H,4-10H2,1-3H3. The number of amides is 1. The number of piperidine rings is 1. The summed E-state index contributed by atoms with van der Waals surface area (Å²) in [5, 5.41) is 3.39. The number of carbonyl (C=O) groups excluding carboxylic acids is 1. The van der Waals surface area contributed by atoms with E-state index in [0.717, 1.165) is 44.9 Å². The van der Waals surface area contributed by atoms with Gasteiger partial charge in [-0.3, -0.25) is 4.79 Å². The second-order valence-corrected chi connectivity index (χ2v) is 5.23. The Morgan fingerprint density at radius 2 is 2.00 bits per heavy atom. The van der Waals surface area contributed by atoms with Crippen LogP contribution in [0.4, 0.5) is 0 Å². The Morgan fingerprint density at radius 3 is 2.50 bits per heavy atom. The molecule has 1 heterocycles. The first-order chi connectivity index (χ1) is 7.63. The molecule has 0 aliphatic carbocycles. The van der Waals surface area contributed by atoms with Crippen LogP contribution in [0.3, 0.4) is 0 Å². The molecule has 94 valence electrons. The number of carbonyl (C=O) groups is 1. The Balaban J connectivity index is 2.23. The van der Waals surface area contributed by atoms with Gasteiger partial charge in [0.05, 0.1) is 0 Å². The van der Waals surface area contributed by atoms with Crippen LogP contribution in [0.25, 0.3) is 0 Å². The van der Waals surface area contributed by atoms with E-state index in [0.29, 0.717) is 18.2 Å². The van der Waals surface area contributed by atoms with E-state index in [9.17, 15) is 4.79 Å². The highest BCUT2D eigenvalue weighted by molar-refractivity contribution is 5.76. The van der Waals surface area contributed by atoms with Gasteiger partial charge in [-0.2, -0.15) is 0 Å². The SMILES string of the molecule is CCNCC1CCN(C(=O)CC(C)C)CC1. The average molecular weight is 226 g/mol. The van der Waals surface area contributed by atoms with Gasteiger partial charge in [-0.15, -0.1) is 0 Å². The fourth-order valence-corrected chi connectivity index (χ4v) is 2.21. The molecule has 3 nitrogen and oxygen atoms in total. The quantitative estimate of drug-likeness (QED) is 0.776. The van der Waals surface area contributed by atoms with E-state index in [2.05, 4.69) is 26.1 Å². The smallest absolute Gasteiger partial charge is 0.222 e. The molecule has 1 rings (SSSR count). The number of likely N-dealkylation sites (tertiary alicyclic amines) is 1. The molecule has 3 heteroatoms. The number of hydrogen-bond acceptors (Lipinski definition) is 2. The lowest BCUT2D eigenvalue weighted by atomic mass is 9.96. The molecular weight excluding hydrogens is 200 g/mol. The Kier molecular flexibility index (Phi) is 5.81. The zero-order chi connectivity index (χ0) is 12.0. The molecule has 0 atom stereocenters. The normalized spacial score (nSPS) is 18.1. The highest BCUT2D eigenvalue weighted by atomic mass is 16.2. The summed E-state index contributed by atoms with van der Waals surface area (Å²) < 4.78 is 0. The van der Waals surface area contributed by atoms with E-state index >= 15 is 0 Å². The summed E-state index contributed by atoms with van der Waals surface area (Å²) in [5.41, 5.74) is 0. The zero-order valence-corrected chi connectivity index (χ0v) is 11.0. The van der Waals surface area contributed by atoms with Crippen LogP contribution in [0.2, 0.25) is 0 Å². The van der Waals surface area contributed by atoms with Gasteiger partial charge in [-0.1, -0.05) is 20.8 Å². The summed E-state index contributed by atoms with van der Waals surface area (Å²) in [7, 11) is 0. The lowest BCUT2D eigenvalue weighted by Gasteiger charge is -2.32. The Labute approximate surface area is 99.6 Å². The highest BCUT2D eigenvalue weighted by Crippen LogP contribution is 2.17. The van der Waals surface area contributed by atoms with Crippen molar-refractivity contribution in [3.05, 3.63) is 0 Å². The predicted molar refractivity (Wildman–Crippen MR) is 67.3 cm³/mol. The molecule has 0 saturated carbocycles. The van der Waals surface area contributed by atoms with Crippen molar-refractivity contribution >= 4 is 5.91 Å². The summed E-state index contributed by atoms with van der Waals surface area (Å²) in [5.74, 6) is 1.59. The number of nitrogens with one attached hydrogen (secondary N) is 1. The van der Waals surface area contributed by atoms with E-state index in [4.69, 9.17) is 0 Å². The molecule has 0 aromatic heterocycles. The summed E-state index contributed by atoms with van der Waals surface area (Å²) >= 11 is 0. The van der Waals surface area contributed by atoms with Crippen molar-refractivity contribution < 1.29 is 4.79 Å². The Bertz CT molecular complexity index is 208. The molecule has 16 heavy (non-hydrogen) atoms. The number of nitrogens with zero attached hydrogens (tertiary/aromatic N) is 1. The van der Waals surface area contributed by atoms with Crippen LogP contribution in [0.5, 0.6) is 0 Å². The van der Waals surface area contributed by atoms with E-state index in [-0.39, 0.29) is 0 Å². The van der Waals surface area contributed by atoms with Crippen molar-refractivity contribution in [2.45, 2.75) is 40.0 Å². The molecule has 0 spiro atoms. The summed E-state index contributed by atoms with van der Waals surface area (Å²) in [4.78, 5) is 13.9. The molecule has 0 bridgehead atoms. The fourth-order valence-electron chi connectivity index (χ4n) is 2.21. The molecule has 0 radical (unpaired) electrons. The van der Waals surface area contributed by atoms with Gasteiger partial charge in [0.2, 0.25) is 5.91 Å². The summed E-state index contributed by atoms with van der Waals surface area (Å²) in [6, 6.07) is 0. The van der Waals surface area contributed by atoms with E-state index < -0.39 is 0 Å². The van der Waals surface area contributed by atoms with E-state index in [1.807, 2.05) is 4.90 Å². The van der Waals surface area contributed by atoms with Gasteiger partial charge in [0.25, 0.3) is 0 Å². The lowest BCUT2D eigenvalue weighted by Crippen LogP contribution is -2.41. The van der Waals surface area contributed by atoms with Crippen LogP contribution >= 0.6 is 0 Å². The van der Waals surface area contributed by atoms with Gasteiger partial charge >= 0.3 is 0 Å². The third-order valence-corrected chi connectivity index (χ3v) is 3.23. The van der Waals surface area contributed by atoms with E-state index in [1.54, 1.807) is 0 Å². The Hall–Kier alpha value is -0.570. The van der Waals surface area contributed by atoms with Crippen molar-refractivity contribution in [2.24, 2.45) is 11.8 Å². The maximum atomic E-state index is 11.8. The molecule has 1 saturated heterocycles. The van der Waals surface area contributed by atoms with Gasteiger partial charge in [0, 0.05) is 19.5 Å². The predicted octanol–water partition coefficient (Wildman–Crippen LogP) is 1.88. The van der Waals surface area contributed by atoms with Gasteiger partial charge < -0.3 is 10.2 Å². The molecule has 0 aromatic rings. The molecule has 1 aliphatic rings. The van der Waals surface area contributed by atoms with Gasteiger partial charge in [-0.25, -0.2) is 0 Å². The first-order valence-electron chi connectivity index (χ1n) is 6.62. The maximum Gasteiger partial charge on any atom is 0.222 e. The summed E-state index contributed by atoms with van der Waals surface area (Å²) in [6.45, 7) is 10.4. The molecule has 1 amide bonds. The number of hydrogen-bond donors (Lipinski definition) is 1. The van der Waals surface area contributed by atoms with Crippen molar-refractivity contribution in [2.75, 3.05) is 26.2 Å². The molecule has 0 aromatic carbocycles. The molecule has 1 fully saturated rings. The topological polar surface area (TPSA) is 32.3 Å². The van der Waals surface area contributed by atoms with E-state index in [1.165, 1.54) is 0 Å². The van der Waals surface area contributed by atoms with Crippen LogP contribution < -0.4 is 5.32 Å². The van der Waals surface area contributed by atoms with Crippen LogP contribution in [-0.4, -0.2) is 37.0 Å². The van der Waals surface area contributed by atoms with Crippen LogP contribution in [0.15, 0.2) is 0 Å². The second-order valence-electron chi connectivity index (χ2n) is 5.23. The first kappa shape index (κ1) is 13.5. The second kappa shape index (κ2) is 6.89. The van der Waals surface area contributed by atoms with Crippen LogP contribution in [0, 0.1) is 11.8 Å². The average Bonchev–Trinajstić information content (AvgIpc) is 2.26. The monoisotopic (exact) mass is 226 g/mol. The minimum Gasteiger partial charge on any atom is -0.343 e. The van der Waals surface area contributed by atoms with Crippen molar-refractivity contribution in [1.82, 2.24) is 10.2 Å². The van der Waals surface area contributed by atoms with Gasteiger partial charge in [-0.05, 0) is 37.8 Å². The molecular formula is C13H26N2O. The van der Waals surface area contributed by atoms with Crippen molar-refractivity contribution in [3.8, 4) is 0 Å². The fraction of sp³-hybridized carbons (Fsp3) is 0.923. The van der Waals surface area contributed by atoms with Crippen molar-refractivity contribution in [1.29, 1.82) is 0 Å². The molecule has 0 unspecified atom stereocenters. The summed E-state index contributed by atoms with van der Waals surface area (Å²) in [6.07, 6.45) is 3.03. The lowest BCUT2D eigenvalue weighted by molar-refractivity contribution is -0.133. The van der Waals surface area contributed by atoms with Crippen LogP contribution in [-0.2, 0) is 4.79 Å². The van der Waals surface area contributed by atoms with Crippen LogP contribution in [0.1, 0.15) is 40.0 Å². The number of rotatable bonds is 5. The minimum atomic E-state index is 0.344.